The molecule has 2 aromatic carbocycles. The summed E-state index contributed by atoms with van der Waals surface area (Å²) in [5, 5.41) is 3.05. The maximum Gasteiger partial charge on any atom is 0.321 e. The Bertz CT molecular complexity index is 739. The molecule has 1 aliphatic heterocycles. The van der Waals surface area contributed by atoms with Crippen molar-refractivity contribution in [2.75, 3.05) is 36.4 Å². The van der Waals surface area contributed by atoms with Crippen molar-refractivity contribution in [3.63, 3.8) is 0 Å². The van der Waals surface area contributed by atoms with E-state index in [-0.39, 0.29) is 6.03 Å². The van der Waals surface area contributed by atoms with Crippen molar-refractivity contribution in [3.8, 4) is 0 Å². The van der Waals surface area contributed by atoms with Gasteiger partial charge in [-0.05, 0) is 49.2 Å². The van der Waals surface area contributed by atoms with Gasteiger partial charge in [0.1, 0.15) is 0 Å². The normalized spacial score (nSPS) is 14.6. The van der Waals surface area contributed by atoms with Gasteiger partial charge in [0.25, 0.3) is 0 Å². The standard InChI is InChI=1S/C19H22BrN3O/c1-14-5-3-8-18(15(14)2)21-19(24)23-11-9-22(10-12-23)17-7-4-6-16(20)13-17/h3-8,13H,9-12H2,1-2H3,(H,21,24). The zero-order chi connectivity index (χ0) is 17.1. The van der Waals surface area contributed by atoms with E-state index in [2.05, 4.69) is 51.3 Å². The predicted molar refractivity (Wildman–Crippen MR) is 103 cm³/mol. The monoisotopic (exact) mass is 387 g/mol. The van der Waals surface area contributed by atoms with E-state index in [1.807, 2.05) is 36.1 Å². The van der Waals surface area contributed by atoms with Crippen LogP contribution in [-0.4, -0.2) is 37.1 Å². The van der Waals surface area contributed by atoms with Crippen LogP contribution in [0, 0.1) is 13.8 Å². The van der Waals surface area contributed by atoms with E-state index in [0.717, 1.165) is 41.9 Å². The topological polar surface area (TPSA) is 35.6 Å². The second-order valence-electron chi connectivity index (χ2n) is 6.13. The number of piperazine rings is 1. The van der Waals surface area contributed by atoms with Crippen LogP contribution in [0.2, 0.25) is 0 Å². The highest BCUT2D eigenvalue weighted by Gasteiger charge is 2.21. The smallest absolute Gasteiger partial charge is 0.321 e. The molecule has 1 N–H and O–H groups in total. The Balaban J connectivity index is 1.60. The Morgan fingerprint density at radius 1 is 1.04 bits per heavy atom. The van der Waals surface area contributed by atoms with Crippen molar-refractivity contribution in [2.24, 2.45) is 0 Å². The summed E-state index contributed by atoms with van der Waals surface area (Å²) in [6.07, 6.45) is 0. The van der Waals surface area contributed by atoms with E-state index < -0.39 is 0 Å². The average Bonchev–Trinajstić information content (AvgIpc) is 2.59. The highest BCUT2D eigenvalue weighted by Crippen LogP contribution is 2.22. The molecule has 1 heterocycles. The van der Waals surface area contributed by atoms with Crippen LogP contribution in [0.25, 0.3) is 0 Å². The van der Waals surface area contributed by atoms with E-state index in [1.54, 1.807) is 0 Å². The summed E-state index contributed by atoms with van der Waals surface area (Å²) in [5.74, 6) is 0. The third-order valence-corrected chi connectivity index (χ3v) is 5.08. The maximum absolute atomic E-state index is 12.5. The van der Waals surface area contributed by atoms with Gasteiger partial charge < -0.3 is 15.1 Å². The molecule has 1 saturated heterocycles. The molecule has 126 valence electrons. The highest BCUT2D eigenvalue weighted by atomic mass is 79.9. The number of hydrogen-bond donors (Lipinski definition) is 1. The van der Waals surface area contributed by atoms with Crippen molar-refractivity contribution in [1.29, 1.82) is 0 Å². The van der Waals surface area contributed by atoms with Gasteiger partial charge in [-0.15, -0.1) is 0 Å². The number of urea groups is 1. The Kier molecular flexibility index (Phi) is 5.09. The molecule has 4 nitrogen and oxygen atoms in total. The van der Waals surface area contributed by atoms with Gasteiger partial charge in [-0.3, -0.25) is 0 Å². The van der Waals surface area contributed by atoms with Crippen molar-refractivity contribution in [1.82, 2.24) is 4.90 Å². The zero-order valence-electron chi connectivity index (χ0n) is 14.1. The van der Waals surface area contributed by atoms with Gasteiger partial charge in [-0.2, -0.15) is 0 Å². The highest BCUT2D eigenvalue weighted by molar-refractivity contribution is 9.10. The molecule has 0 unspecified atom stereocenters. The van der Waals surface area contributed by atoms with Crippen molar-refractivity contribution < 1.29 is 4.79 Å². The molecular formula is C19H22BrN3O. The minimum absolute atomic E-state index is 0.0161. The lowest BCUT2D eigenvalue weighted by atomic mass is 10.1. The van der Waals surface area contributed by atoms with Crippen LogP contribution < -0.4 is 10.2 Å². The van der Waals surface area contributed by atoms with Gasteiger partial charge in [0.05, 0.1) is 0 Å². The number of nitrogens with zero attached hydrogens (tertiary/aromatic N) is 2. The molecule has 5 heteroatoms. The first-order valence-corrected chi connectivity index (χ1v) is 8.96. The number of carbonyl (C=O) groups is 1. The van der Waals surface area contributed by atoms with Crippen LogP contribution in [-0.2, 0) is 0 Å². The van der Waals surface area contributed by atoms with E-state index in [1.165, 1.54) is 11.3 Å². The van der Waals surface area contributed by atoms with Crippen molar-refractivity contribution in [3.05, 3.63) is 58.1 Å². The number of amides is 2. The third kappa shape index (κ3) is 3.73. The summed E-state index contributed by atoms with van der Waals surface area (Å²) in [6, 6.07) is 14.3. The minimum atomic E-state index is -0.0161. The van der Waals surface area contributed by atoms with Crippen LogP contribution in [0.3, 0.4) is 0 Å². The number of nitrogens with one attached hydrogen (secondary N) is 1. The first-order chi connectivity index (χ1) is 11.5. The Hall–Kier alpha value is -2.01. The molecular weight excluding hydrogens is 366 g/mol. The first kappa shape index (κ1) is 16.8. The van der Waals surface area contributed by atoms with Gasteiger partial charge in [0.15, 0.2) is 0 Å². The number of carbonyl (C=O) groups excluding carboxylic acids is 1. The third-order valence-electron chi connectivity index (χ3n) is 4.59. The van der Waals surface area contributed by atoms with Crippen LogP contribution in [0.1, 0.15) is 11.1 Å². The summed E-state index contributed by atoms with van der Waals surface area (Å²) < 4.78 is 1.08. The van der Waals surface area contributed by atoms with Crippen LogP contribution in [0.5, 0.6) is 0 Å². The molecule has 0 spiro atoms. The van der Waals surface area contributed by atoms with E-state index in [0.29, 0.717) is 0 Å². The summed E-state index contributed by atoms with van der Waals surface area (Å²) in [4.78, 5) is 16.7. The maximum atomic E-state index is 12.5. The lowest BCUT2D eigenvalue weighted by molar-refractivity contribution is 0.208. The van der Waals surface area contributed by atoms with E-state index in [9.17, 15) is 4.79 Å². The predicted octanol–water partition coefficient (Wildman–Crippen LogP) is 4.42. The minimum Gasteiger partial charge on any atom is -0.368 e. The van der Waals surface area contributed by atoms with Gasteiger partial charge in [0.2, 0.25) is 0 Å². The summed E-state index contributed by atoms with van der Waals surface area (Å²) in [7, 11) is 0. The second-order valence-corrected chi connectivity index (χ2v) is 7.05. The Morgan fingerprint density at radius 3 is 2.46 bits per heavy atom. The van der Waals surface area contributed by atoms with Crippen LogP contribution in [0.4, 0.5) is 16.2 Å². The largest absolute Gasteiger partial charge is 0.368 e. The van der Waals surface area contributed by atoms with Crippen LogP contribution >= 0.6 is 15.9 Å². The lowest BCUT2D eigenvalue weighted by Gasteiger charge is -2.36. The number of aryl methyl sites for hydroxylation is 1. The second kappa shape index (κ2) is 7.26. The molecule has 0 saturated carbocycles. The first-order valence-electron chi connectivity index (χ1n) is 8.17. The number of benzene rings is 2. The molecule has 0 aliphatic carbocycles. The number of anilines is 2. The fraction of sp³-hybridized carbons (Fsp3) is 0.316. The molecule has 0 atom stereocenters. The van der Waals surface area contributed by atoms with Gasteiger partial charge in [0, 0.05) is 42.0 Å². The molecule has 0 aromatic heterocycles. The molecule has 0 bridgehead atoms. The summed E-state index contributed by atoms with van der Waals surface area (Å²) in [5.41, 5.74) is 4.40. The average molecular weight is 388 g/mol. The van der Waals surface area contributed by atoms with E-state index in [4.69, 9.17) is 0 Å². The molecule has 1 aliphatic rings. The molecule has 2 amide bonds. The number of halogens is 1. The molecule has 2 aromatic rings. The lowest BCUT2D eigenvalue weighted by Crippen LogP contribution is -2.50. The summed E-state index contributed by atoms with van der Waals surface area (Å²) in [6.45, 7) is 7.23. The molecule has 1 fully saturated rings. The summed E-state index contributed by atoms with van der Waals surface area (Å²) >= 11 is 3.51. The number of hydrogen-bond acceptors (Lipinski definition) is 2. The SMILES string of the molecule is Cc1cccc(NC(=O)N2CCN(c3cccc(Br)c3)CC2)c1C. The molecule has 24 heavy (non-hydrogen) atoms. The fourth-order valence-electron chi connectivity index (χ4n) is 2.92. The Labute approximate surface area is 151 Å². The molecule has 3 rings (SSSR count). The van der Waals surface area contributed by atoms with Crippen LogP contribution in [0.15, 0.2) is 46.9 Å². The quantitative estimate of drug-likeness (QED) is 0.827. The van der Waals surface area contributed by atoms with E-state index >= 15 is 0 Å². The fourth-order valence-corrected chi connectivity index (χ4v) is 3.31. The van der Waals surface area contributed by atoms with Gasteiger partial charge in [-0.25, -0.2) is 4.79 Å². The molecule has 0 radical (unpaired) electrons. The van der Waals surface area contributed by atoms with Crippen molar-refractivity contribution >= 4 is 33.3 Å². The Morgan fingerprint density at radius 2 is 1.75 bits per heavy atom. The van der Waals surface area contributed by atoms with Gasteiger partial charge >= 0.3 is 6.03 Å². The van der Waals surface area contributed by atoms with Gasteiger partial charge in [-0.1, -0.05) is 34.1 Å². The number of rotatable bonds is 2. The van der Waals surface area contributed by atoms with Crippen molar-refractivity contribution in [2.45, 2.75) is 13.8 Å². The zero-order valence-corrected chi connectivity index (χ0v) is 15.6.